The Morgan fingerprint density at radius 2 is 1.89 bits per heavy atom. The van der Waals surface area contributed by atoms with Crippen LogP contribution in [-0.4, -0.2) is 11.1 Å². The molecule has 2 heteroatoms. The van der Waals surface area contributed by atoms with Crippen molar-refractivity contribution in [3.05, 3.63) is 41.5 Å². The molecule has 0 aliphatic carbocycles. The van der Waals surface area contributed by atoms with Gasteiger partial charge in [0.05, 0.1) is 0 Å². The van der Waals surface area contributed by atoms with Gasteiger partial charge < -0.3 is 5.11 Å². The van der Waals surface area contributed by atoms with E-state index >= 15 is 0 Å². The molecule has 0 bridgehead atoms. The maximum Gasteiger partial charge on any atom is 0.303 e. The summed E-state index contributed by atoms with van der Waals surface area (Å²) in [6.07, 6.45) is 11.5. The van der Waals surface area contributed by atoms with Crippen molar-refractivity contribution in [3.63, 3.8) is 0 Å². The van der Waals surface area contributed by atoms with Crippen LogP contribution in [0.15, 0.2) is 30.3 Å². The van der Waals surface area contributed by atoms with E-state index in [2.05, 4.69) is 31.2 Å². The number of allylic oxidation sites excluding steroid dienone is 1. The number of unbranched alkanes of at least 4 members (excludes halogenated alkanes) is 4. The van der Waals surface area contributed by atoms with Crippen LogP contribution >= 0.6 is 0 Å². The summed E-state index contributed by atoms with van der Waals surface area (Å²) < 4.78 is 0. The van der Waals surface area contributed by atoms with E-state index in [1.807, 2.05) is 12.1 Å². The molecule has 0 heterocycles. The van der Waals surface area contributed by atoms with Gasteiger partial charge in [0.2, 0.25) is 0 Å². The molecule has 1 N–H and O–H groups in total. The Hall–Kier alpha value is -1.57. The Kier molecular flexibility index (Phi) is 7.64. The average molecular weight is 260 g/mol. The van der Waals surface area contributed by atoms with Gasteiger partial charge in [0.15, 0.2) is 0 Å². The van der Waals surface area contributed by atoms with Gasteiger partial charge in [-0.25, -0.2) is 0 Å². The summed E-state index contributed by atoms with van der Waals surface area (Å²) in [4.78, 5) is 10.5. The molecule has 1 aromatic carbocycles. The molecule has 1 rings (SSSR count). The fourth-order valence-electron chi connectivity index (χ4n) is 1.96. The molecule has 0 unspecified atom stereocenters. The smallest absolute Gasteiger partial charge is 0.303 e. The average Bonchev–Trinajstić information content (AvgIpc) is 2.41. The predicted molar refractivity (Wildman–Crippen MR) is 80.2 cm³/mol. The largest absolute Gasteiger partial charge is 0.481 e. The van der Waals surface area contributed by atoms with Gasteiger partial charge >= 0.3 is 5.97 Å². The third-order valence-electron chi connectivity index (χ3n) is 3.14. The second-order valence-corrected chi connectivity index (χ2v) is 4.89. The minimum absolute atomic E-state index is 0.201. The summed E-state index contributed by atoms with van der Waals surface area (Å²) in [7, 11) is 0. The van der Waals surface area contributed by atoms with Crippen molar-refractivity contribution in [1.29, 1.82) is 0 Å². The van der Waals surface area contributed by atoms with Crippen LogP contribution in [-0.2, 0) is 11.2 Å². The normalized spacial score (nSPS) is 11.0. The molecule has 1 aromatic rings. The topological polar surface area (TPSA) is 37.3 Å². The molecular formula is C17H24O2. The van der Waals surface area contributed by atoms with Crippen molar-refractivity contribution >= 4 is 12.0 Å². The molecule has 0 saturated carbocycles. The molecule has 0 fully saturated rings. The third-order valence-corrected chi connectivity index (χ3v) is 3.14. The Bertz CT molecular complexity index is 390. The van der Waals surface area contributed by atoms with Gasteiger partial charge in [0.1, 0.15) is 0 Å². The van der Waals surface area contributed by atoms with Crippen LogP contribution in [0.1, 0.15) is 56.6 Å². The van der Waals surface area contributed by atoms with Crippen molar-refractivity contribution in [3.8, 4) is 0 Å². The van der Waals surface area contributed by atoms with E-state index in [1.165, 1.54) is 31.2 Å². The lowest BCUT2D eigenvalue weighted by Gasteiger charge is -2.00. The summed E-state index contributed by atoms with van der Waals surface area (Å²) >= 11 is 0. The zero-order valence-corrected chi connectivity index (χ0v) is 11.8. The van der Waals surface area contributed by atoms with Crippen LogP contribution in [0.4, 0.5) is 0 Å². The first kappa shape index (κ1) is 15.5. The number of aryl methyl sites for hydroxylation is 1. The van der Waals surface area contributed by atoms with Crippen LogP contribution < -0.4 is 0 Å². The number of hydrogen-bond donors (Lipinski definition) is 1. The van der Waals surface area contributed by atoms with Crippen molar-refractivity contribution in [1.82, 2.24) is 0 Å². The number of rotatable bonds is 9. The van der Waals surface area contributed by atoms with Gasteiger partial charge in [0.25, 0.3) is 0 Å². The van der Waals surface area contributed by atoms with Gasteiger partial charge in [-0.3, -0.25) is 4.79 Å². The highest BCUT2D eigenvalue weighted by atomic mass is 16.4. The Balaban J connectivity index is 2.31. The van der Waals surface area contributed by atoms with Crippen LogP contribution in [0.25, 0.3) is 6.08 Å². The maximum absolute atomic E-state index is 10.5. The van der Waals surface area contributed by atoms with E-state index in [9.17, 15) is 4.79 Å². The lowest BCUT2D eigenvalue weighted by molar-refractivity contribution is -0.136. The first-order valence-corrected chi connectivity index (χ1v) is 7.19. The van der Waals surface area contributed by atoms with Gasteiger partial charge in [-0.1, -0.05) is 62.6 Å². The minimum Gasteiger partial charge on any atom is -0.481 e. The van der Waals surface area contributed by atoms with Crippen LogP contribution in [0.3, 0.4) is 0 Å². The lowest BCUT2D eigenvalue weighted by Crippen LogP contribution is -1.97. The van der Waals surface area contributed by atoms with Crippen LogP contribution in [0.2, 0.25) is 0 Å². The lowest BCUT2D eigenvalue weighted by atomic mass is 10.1. The van der Waals surface area contributed by atoms with Crippen molar-refractivity contribution in [2.45, 2.75) is 51.9 Å². The summed E-state index contributed by atoms with van der Waals surface area (Å²) in [5.74, 6) is -0.740. The van der Waals surface area contributed by atoms with E-state index in [-0.39, 0.29) is 6.42 Å². The zero-order valence-electron chi connectivity index (χ0n) is 11.8. The van der Waals surface area contributed by atoms with Crippen molar-refractivity contribution < 1.29 is 9.90 Å². The van der Waals surface area contributed by atoms with Gasteiger partial charge in [0, 0.05) is 6.42 Å². The number of hydrogen-bond acceptors (Lipinski definition) is 1. The highest BCUT2D eigenvalue weighted by Gasteiger charge is 1.98. The first-order chi connectivity index (χ1) is 9.22. The van der Waals surface area contributed by atoms with Crippen LogP contribution in [0.5, 0.6) is 0 Å². The van der Waals surface area contributed by atoms with Crippen LogP contribution in [0, 0.1) is 0 Å². The molecule has 0 aliphatic rings. The van der Waals surface area contributed by atoms with E-state index in [1.54, 1.807) is 0 Å². The first-order valence-electron chi connectivity index (χ1n) is 7.19. The highest BCUT2D eigenvalue weighted by molar-refractivity contribution is 5.67. The Labute approximate surface area is 116 Å². The molecular weight excluding hydrogens is 236 g/mol. The molecule has 0 saturated heterocycles. The van der Waals surface area contributed by atoms with Crippen molar-refractivity contribution in [2.75, 3.05) is 0 Å². The molecule has 0 radical (unpaired) electrons. The maximum atomic E-state index is 10.5. The Morgan fingerprint density at radius 1 is 1.16 bits per heavy atom. The quantitative estimate of drug-likeness (QED) is 0.654. The summed E-state index contributed by atoms with van der Waals surface area (Å²) in [5, 5.41) is 8.62. The van der Waals surface area contributed by atoms with Crippen molar-refractivity contribution in [2.24, 2.45) is 0 Å². The predicted octanol–water partition coefficient (Wildman–Crippen LogP) is 4.69. The third kappa shape index (κ3) is 7.45. The number of benzene rings is 1. The number of carboxylic acids is 1. The molecule has 19 heavy (non-hydrogen) atoms. The van der Waals surface area contributed by atoms with E-state index < -0.39 is 5.97 Å². The fourth-order valence-corrected chi connectivity index (χ4v) is 1.96. The monoisotopic (exact) mass is 260 g/mol. The summed E-state index contributed by atoms with van der Waals surface area (Å²) in [5.41, 5.74) is 2.28. The molecule has 0 atom stereocenters. The Morgan fingerprint density at radius 3 is 2.53 bits per heavy atom. The summed E-state index contributed by atoms with van der Waals surface area (Å²) in [6, 6.07) is 8.14. The summed E-state index contributed by atoms with van der Waals surface area (Å²) in [6.45, 7) is 2.22. The molecule has 0 amide bonds. The molecule has 0 spiro atoms. The highest BCUT2D eigenvalue weighted by Crippen LogP contribution is 2.10. The van der Waals surface area contributed by atoms with E-state index in [0.29, 0.717) is 6.42 Å². The standard InChI is InChI=1S/C17H24O2/c1-2-3-4-5-6-7-8-15-9-11-16(12-10-15)13-14-17(18)19/h7-12H,2-6,13-14H2,1H3,(H,18,19)/b8-7-. The molecule has 0 aliphatic heterocycles. The number of carboxylic acid groups (broad SMARTS) is 1. The fraction of sp³-hybridized carbons (Fsp3) is 0.471. The number of carbonyl (C=O) groups is 1. The second-order valence-electron chi connectivity index (χ2n) is 4.89. The molecule has 104 valence electrons. The van der Waals surface area contributed by atoms with E-state index in [0.717, 1.165) is 12.0 Å². The van der Waals surface area contributed by atoms with Gasteiger partial charge in [-0.05, 0) is 30.4 Å². The van der Waals surface area contributed by atoms with Gasteiger partial charge in [-0.15, -0.1) is 0 Å². The van der Waals surface area contributed by atoms with Gasteiger partial charge in [-0.2, -0.15) is 0 Å². The molecule has 2 nitrogen and oxygen atoms in total. The number of aliphatic carboxylic acids is 1. The SMILES string of the molecule is CCCCCC/C=C\c1ccc(CCC(=O)O)cc1. The molecule has 0 aromatic heterocycles. The minimum atomic E-state index is -0.740. The zero-order chi connectivity index (χ0) is 13.9. The van der Waals surface area contributed by atoms with E-state index in [4.69, 9.17) is 5.11 Å². The second kappa shape index (κ2) is 9.37.